The molecular weight excluding hydrogens is 1910 g/mol. The third-order valence-corrected chi connectivity index (χ3v) is 30.4. The molecule has 15 heterocycles. The SMILES string of the molecule is CC[C@H]1O[C@@H](n2cnc3c(N)ncnc32)CC1OP([O-])(=S)OC[C@H]1O[C@@H](n2cc(C)c(=O)[nH]c2=O)CC1OP(=O)([S-])OC[C@H]1O[C@@H](n2cc(C)c(=O)[nH]c2=O)CC1OP([O-])(=S)OC[C@H]1O[C@@H](n2cc(C)c(N)nc2=O)CC1OP([O-])(=S)OC[C@H]1O[C@@H](n2cnc3c(N)ncnc32)CC1OP(O)(=S)OC[C@H]1O[C@@H](n2cnc3c(=O)[nH]c(N)nc32)CC1OP([O-])(=S)OC. The summed E-state index contributed by atoms with van der Waals surface area (Å²) in [5.74, 6) is -0.240. The molecule has 0 spiro atoms. The predicted octanol–water partition coefficient (Wildman–Crippen LogP) is -1.20. The Morgan fingerprint density at radius 3 is 1.24 bits per heavy atom. The van der Waals surface area contributed by atoms with Gasteiger partial charge in [0.2, 0.25) is 5.95 Å². The molecule has 0 amide bonds. The van der Waals surface area contributed by atoms with Crippen LogP contribution in [-0.2, 0) is 159 Å². The van der Waals surface area contributed by atoms with E-state index in [0.717, 1.165) is 27.0 Å². The Morgan fingerprint density at radius 1 is 0.444 bits per heavy atom. The summed E-state index contributed by atoms with van der Waals surface area (Å²) in [6, 6.07) is 0. The highest BCUT2D eigenvalue weighted by molar-refractivity contribution is 8.32. The minimum Gasteiger partial charge on any atom is -0.780 e. The van der Waals surface area contributed by atoms with Crippen LogP contribution in [-0.4, -0.2) is 205 Å². The van der Waals surface area contributed by atoms with Crippen LogP contribution in [0.4, 0.5) is 23.4 Å². The number of ether oxygens (including phenoxy) is 6. The number of H-pyrrole nitrogens is 3. The first-order valence-corrected chi connectivity index (χ1v) is 53.1. The van der Waals surface area contributed by atoms with E-state index in [4.69, 9.17) is 177 Å². The van der Waals surface area contributed by atoms with E-state index in [9.17, 15) is 57.8 Å². The van der Waals surface area contributed by atoms with Gasteiger partial charge in [-0.25, -0.2) is 49.3 Å². The molecule has 686 valence electrons. The minimum absolute atomic E-state index is 0.00524. The van der Waals surface area contributed by atoms with Crippen LogP contribution in [0.15, 0.2) is 79.0 Å². The van der Waals surface area contributed by atoms with Crippen LogP contribution in [0.2, 0.25) is 0 Å². The Labute approximate surface area is 738 Å². The molecule has 0 radical (unpaired) electrons. The number of hydrogen-bond acceptors (Lipinski definition) is 48. The number of anilines is 4. The molecule has 24 atom stereocenters. The van der Waals surface area contributed by atoms with Crippen molar-refractivity contribution in [3.63, 3.8) is 0 Å². The molecule has 0 saturated carbocycles. The lowest BCUT2D eigenvalue weighted by atomic mass is 10.1. The lowest BCUT2D eigenvalue weighted by molar-refractivity contribution is -0.219. The van der Waals surface area contributed by atoms with E-state index in [1.807, 2.05) is 0 Å². The number of nitrogens with zero attached hydrogens (tertiary/aromatic N) is 15. The largest absolute Gasteiger partial charge is 0.780 e. The Kier molecular flexibility index (Phi) is 28.3. The number of hydrogen-bond donors (Lipinski definition) is 8. The maximum Gasteiger partial charge on any atom is 0.351 e. The van der Waals surface area contributed by atoms with Crippen molar-refractivity contribution in [1.29, 1.82) is 0 Å². The van der Waals surface area contributed by atoms with Crippen LogP contribution in [0.25, 0.3) is 33.5 Å². The van der Waals surface area contributed by atoms with Gasteiger partial charge in [-0.1, -0.05) is 54.2 Å². The van der Waals surface area contributed by atoms with Gasteiger partial charge in [0.15, 0.2) is 40.9 Å². The first kappa shape index (κ1) is 94.4. The Balaban J connectivity index is 0.634. The fourth-order valence-corrected chi connectivity index (χ4v) is 23.0. The van der Waals surface area contributed by atoms with E-state index in [2.05, 4.69) is 59.8 Å². The summed E-state index contributed by atoms with van der Waals surface area (Å²) in [5.41, 5.74) is 20.4. The number of nitrogens with one attached hydrogen (secondary N) is 3. The third-order valence-electron chi connectivity index (χ3n) is 20.8. The molecule has 0 aromatic carbocycles. The van der Waals surface area contributed by atoms with Gasteiger partial charge in [0, 0.05) is 80.9 Å². The zero-order valence-corrected chi connectivity index (χ0v) is 76.2. The summed E-state index contributed by atoms with van der Waals surface area (Å²) in [4.78, 5) is 191. The Morgan fingerprint density at radius 2 is 0.802 bits per heavy atom. The van der Waals surface area contributed by atoms with E-state index in [1.54, 1.807) is 11.5 Å². The average Bonchev–Trinajstić information content (AvgIpc) is 1.61. The molecule has 9 aromatic rings. The number of nitrogen functional groups attached to an aromatic ring is 4. The number of aromatic amines is 3. The van der Waals surface area contributed by atoms with Crippen molar-refractivity contribution in [2.75, 3.05) is 63.1 Å². The lowest BCUT2D eigenvalue weighted by Crippen LogP contribution is -2.34. The van der Waals surface area contributed by atoms with Gasteiger partial charge < -0.3 is 142 Å². The van der Waals surface area contributed by atoms with Crippen LogP contribution in [0.1, 0.15) is 106 Å². The van der Waals surface area contributed by atoms with Gasteiger partial charge in [-0.3, -0.25) is 61.3 Å². The van der Waals surface area contributed by atoms with E-state index in [0.29, 0.717) is 23.1 Å². The summed E-state index contributed by atoms with van der Waals surface area (Å²) in [5, 5.41) is 0. The molecule has 9 aromatic heterocycles. The summed E-state index contributed by atoms with van der Waals surface area (Å²) in [6.07, 6.45) is -13.9. The highest BCUT2D eigenvalue weighted by Gasteiger charge is 2.49. The number of nitrogens with two attached hydrogens (primary N) is 4. The molecule has 12 N–H and O–H groups in total. The van der Waals surface area contributed by atoms with Gasteiger partial charge in [-0.2, -0.15) is 9.97 Å². The van der Waals surface area contributed by atoms with Gasteiger partial charge in [0.25, 0.3) is 16.7 Å². The highest BCUT2D eigenvalue weighted by atomic mass is 32.7. The first-order valence-electron chi connectivity index (χ1n) is 37.8. The Hall–Kier alpha value is -6.20. The van der Waals surface area contributed by atoms with Crippen LogP contribution >= 0.6 is 40.4 Å². The molecule has 6 saturated heterocycles. The molecule has 12 unspecified atom stereocenters. The summed E-state index contributed by atoms with van der Waals surface area (Å²) < 4.78 is 130. The van der Waals surface area contributed by atoms with Crippen molar-refractivity contribution in [3.05, 3.63) is 129 Å². The molecule has 126 heavy (non-hydrogen) atoms. The lowest BCUT2D eigenvalue weighted by Gasteiger charge is -2.36. The predicted molar refractivity (Wildman–Crippen MR) is 448 cm³/mol. The van der Waals surface area contributed by atoms with Crippen molar-refractivity contribution in [2.24, 2.45) is 0 Å². The van der Waals surface area contributed by atoms with Crippen molar-refractivity contribution in [3.8, 4) is 0 Å². The standard InChI is InChI=1S/C62H82N22O30P6S6/c1-6-29-30(7-44(103-29)82-23-71-47-51(64)67-21-69-53(47)82)110-116(92,122)98-17-38-33(9-42(105-38)80-14-27(3)56(85)77-61(80)89)112-118(94,124)101-19-39-34(10-43(106-39)81-15-28(4)57(86)78-62(81)90)113-117(93,123)100-18-37-32(8-41(104-37)79-13-26(2)50(63)74-60(79)88)111-119(95,125)102-20-40-35(12-45(107-40)83-24-72-48-52(65)68-22-70-54(48)83)114-120(96,126)99-16-36-31(109-115(91,121)97-5)11-46(108-36)84-25-73-49-55(84)75-59(66)76-58(49)87/h13-15,21-25,29-46H,6-12,16-20H2,1-5H3,(H,91,121)(H,92,122)(H,93,123)(H,94,124)(H,95,125)(H,96,126)(H2,63,74,88)(H2,64,67,69)(H2,65,68,70)(H,77,85,89)(H,78,86,90)(H3,66,75,76,87)/p-5/t29-,30?,31?,32?,33?,34?,35?,36-,37-,38-,39-,40-,41-,42-,43-,44-,45-,46-,115?,116?,117?,118?,119?,120?/m1/s1. The fourth-order valence-electron chi connectivity index (χ4n) is 14.7. The van der Waals surface area contributed by atoms with E-state index in [1.165, 1.54) is 73.9 Å². The monoisotopic (exact) mass is 1990 g/mol. The topological polar surface area (TPSA) is 695 Å². The van der Waals surface area contributed by atoms with Crippen molar-refractivity contribution >= 4 is 169 Å². The number of aryl methyl sites for hydroxylation is 3. The second-order valence-electron chi connectivity index (χ2n) is 29.2. The maximum atomic E-state index is 14.8. The second kappa shape index (κ2) is 37.8. The molecule has 52 nitrogen and oxygen atoms in total. The molecule has 6 fully saturated rings. The summed E-state index contributed by atoms with van der Waals surface area (Å²) in [6.45, 7) is -25.9. The minimum atomic E-state index is -4.99. The van der Waals surface area contributed by atoms with Gasteiger partial charge in [-0.15, -0.1) is 0 Å². The van der Waals surface area contributed by atoms with Gasteiger partial charge in [0.05, 0.1) is 94.7 Å². The van der Waals surface area contributed by atoms with E-state index in [-0.39, 0.29) is 82.5 Å². The van der Waals surface area contributed by atoms with E-state index >= 15 is 0 Å². The number of rotatable bonds is 35. The maximum absolute atomic E-state index is 14.8. The number of fused-ring (bicyclic) bond motifs is 3. The highest BCUT2D eigenvalue weighted by Crippen LogP contribution is 2.56. The zero-order valence-electron chi connectivity index (χ0n) is 65.9. The quantitative estimate of drug-likeness (QED) is 0.0171. The second-order valence-corrected chi connectivity index (χ2v) is 45.6. The van der Waals surface area contributed by atoms with Gasteiger partial charge in [-0.05, 0) is 39.0 Å². The van der Waals surface area contributed by atoms with Crippen LogP contribution in [0, 0.1) is 20.8 Å². The molecule has 0 aliphatic carbocycles. The molecule has 64 heteroatoms. The number of aromatic nitrogens is 18. The third kappa shape index (κ3) is 21.4. The average molecular weight is 1990 g/mol. The molecule has 6 aliphatic heterocycles. The van der Waals surface area contributed by atoms with Crippen molar-refractivity contribution in [1.82, 2.24) is 87.2 Å². The smallest absolute Gasteiger partial charge is 0.351 e. The Bertz CT molecular complexity index is 6330. The van der Waals surface area contributed by atoms with Crippen LogP contribution in [0.5, 0.6) is 0 Å². The fraction of sp³-hybridized carbons (Fsp3) is 0.565. The van der Waals surface area contributed by atoms with Gasteiger partial charge in [0.1, 0.15) is 124 Å². The summed E-state index contributed by atoms with van der Waals surface area (Å²) >= 11 is 32.6. The number of imidazole rings is 3. The molecule has 0 bridgehead atoms. The van der Waals surface area contributed by atoms with Crippen molar-refractivity contribution < 1.29 is 112 Å². The van der Waals surface area contributed by atoms with Crippen LogP contribution < -0.4 is 76.3 Å². The first-order chi connectivity index (χ1) is 59.5. The molecule has 6 aliphatic rings. The van der Waals surface area contributed by atoms with E-state index < -0.39 is 231 Å². The van der Waals surface area contributed by atoms with Crippen molar-refractivity contribution in [2.45, 2.75) is 183 Å². The van der Waals surface area contributed by atoms with Gasteiger partial charge >= 0.3 is 23.8 Å². The summed E-state index contributed by atoms with van der Waals surface area (Å²) in [7, 11) is 1.06. The normalized spacial score (nSPS) is 29.4. The zero-order chi connectivity index (χ0) is 90.2. The van der Waals surface area contributed by atoms with Crippen LogP contribution in [0.3, 0.4) is 0 Å². The molecular formula is C62H77N22O30P6S6-5. The molecule has 15 rings (SSSR count).